The SMILES string of the molecule is CN=C(NCCc1ccc(F)cc1)NCC(C)CN1CCOCC1. The van der Waals surface area contributed by atoms with Gasteiger partial charge in [0.05, 0.1) is 13.2 Å². The van der Waals surface area contributed by atoms with E-state index in [1.54, 1.807) is 7.05 Å². The van der Waals surface area contributed by atoms with Gasteiger partial charge in [-0.25, -0.2) is 4.39 Å². The van der Waals surface area contributed by atoms with Crippen LogP contribution in [0, 0.1) is 11.7 Å². The van der Waals surface area contributed by atoms with Gasteiger partial charge in [-0.3, -0.25) is 9.89 Å². The molecule has 0 radical (unpaired) electrons. The Kier molecular flexibility index (Phi) is 7.98. The first-order chi connectivity index (χ1) is 11.7. The monoisotopic (exact) mass is 336 g/mol. The fourth-order valence-electron chi connectivity index (χ4n) is 2.76. The molecule has 1 aliphatic rings. The summed E-state index contributed by atoms with van der Waals surface area (Å²) in [5.74, 6) is 1.16. The highest BCUT2D eigenvalue weighted by molar-refractivity contribution is 5.79. The highest BCUT2D eigenvalue weighted by atomic mass is 19.1. The lowest BCUT2D eigenvalue weighted by Crippen LogP contribution is -2.44. The number of nitrogens with one attached hydrogen (secondary N) is 2. The van der Waals surface area contributed by atoms with Gasteiger partial charge in [-0.2, -0.15) is 0 Å². The number of hydrogen-bond donors (Lipinski definition) is 2. The minimum atomic E-state index is -0.196. The molecule has 24 heavy (non-hydrogen) atoms. The molecule has 1 saturated heterocycles. The van der Waals surface area contributed by atoms with Gasteiger partial charge in [-0.15, -0.1) is 0 Å². The van der Waals surface area contributed by atoms with Gasteiger partial charge in [-0.05, 0) is 30.0 Å². The number of aliphatic imine (C=N–C) groups is 1. The van der Waals surface area contributed by atoms with Crippen LogP contribution in [0.4, 0.5) is 4.39 Å². The van der Waals surface area contributed by atoms with Gasteiger partial charge in [0.1, 0.15) is 5.82 Å². The quantitative estimate of drug-likeness (QED) is 0.585. The van der Waals surface area contributed by atoms with Gasteiger partial charge in [0, 0.05) is 39.8 Å². The molecule has 0 amide bonds. The summed E-state index contributed by atoms with van der Waals surface area (Å²) in [6.45, 7) is 8.69. The molecular weight excluding hydrogens is 307 g/mol. The van der Waals surface area contributed by atoms with Crippen LogP contribution < -0.4 is 10.6 Å². The third-order valence-corrected chi connectivity index (χ3v) is 4.13. The molecule has 0 spiro atoms. The fraction of sp³-hybridized carbons (Fsp3) is 0.611. The van der Waals surface area contributed by atoms with Crippen molar-refractivity contribution >= 4 is 5.96 Å². The molecule has 1 fully saturated rings. The van der Waals surface area contributed by atoms with Gasteiger partial charge in [0.2, 0.25) is 0 Å². The van der Waals surface area contributed by atoms with Crippen LogP contribution in [0.5, 0.6) is 0 Å². The van der Waals surface area contributed by atoms with E-state index in [-0.39, 0.29) is 5.82 Å². The lowest BCUT2D eigenvalue weighted by Gasteiger charge is -2.29. The first kappa shape index (κ1) is 18.7. The second kappa shape index (κ2) is 10.3. The average molecular weight is 336 g/mol. The predicted molar refractivity (Wildman–Crippen MR) is 95.9 cm³/mol. The maximum atomic E-state index is 12.9. The van der Waals surface area contributed by atoms with E-state index in [9.17, 15) is 4.39 Å². The minimum Gasteiger partial charge on any atom is -0.379 e. The van der Waals surface area contributed by atoms with Crippen LogP contribution in [0.25, 0.3) is 0 Å². The molecule has 0 aromatic heterocycles. The smallest absolute Gasteiger partial charge is 0.190 e. The molecule has 1 aromatic rings. The van der Waals surface area contributed by atoms with Crippen LogP contribution in [0.2, 0.25) is 0 Å². The predicted octanol–water partition coefficient (Wildman–Crippen LogP) is 1.50. The highest BCUT2D eigenvalue weighted by Gasteiger charge is 2.13. The second-order valence-electron chi connectivity index (χ2n) is 6.27. The molecule has 1 unspecified atom stereocenters. The van der Waals surface area contributed by atoms with Crippen molar-refractivity contribution in [3.8, 4) is 0 Å². The summed E-state index contributed by atoms with van der Waals surface area (Å²) in [6, 6.07) is 6.63. The van der Waals surface area contributed by atoms with Crippen molar-refractivity contribution in [2.75, 3.05) is 53.0 Å². The van der Waals surface area contributed by atoms with Crippen LogP contribution in [0.1, 0.15) is 12.5 Å². The number of hydrogen-bond acceptors (Lipinski definition) is 3. The summed E-state index contributed by atoms with van der Waals surface area (Å²) in [4.78, 5) is 6.70. The lowest BCUT2D eigenvalue weighted by atomic mass is 10.1. The van der Waals surface area contributed by atoms with Crippen molar-refractivity contribution in [1.29, 1.82) is 0 Å². The van der Waals surface area contributed by atoms with Crippen LogP contribution in [-0.2, 0) is 11.2 Å². The zero-order valence-electron chi connectivity index (χ0n) is 14.7. The standard InChI is InChI=1S/C18H29FN4O/c1-15(14-23-9-11-24-12-10-23)13-22-18(20-2)21-8-7-16-3-5-17(19)6-4-16/h3-6,15H,7-14H2,1-2H3,(H2,20,21,22). The summed E-state index contributed by atoms with van der Waals surface area (Å²) in [6.07, 6.45) is 0.838. The van der Waals surface area contributed by atoms with Gasteiger partial charge in [0.15, 0.2) is 5.96 Å². The van der Waals surface area contributed by atoms with E-state index >= 15 is 0 Å². The molecule has 0 aliphatic carbocycles. The summed E-state index contributed by atoms with van der Waals surface area (Å²) >= 11 is 0. The van der Waals surface area contributed by atoms with E-state index in [2.05, 4.69) is 27.4 Å². The molecule has 1 heterocycles. The van der Waals surface area contributed by atoms with Gasteiger partial charge in [-0.1, -0.05) is 19.1 Å². The average Bonchev–Trinajstić information content (AvgIpc) is 2.60. The summed E-state index contributed by atoms with van der Waals surface area (Å²) < 4.78 is 18.3. The Hall–Kier alpha value is -1.66. The third-order valence-electron chi connectivity index (χ3n) is 4.13. The number of rotatable bonds is 7. The molecule has 134 valence electrons. The highest BCUT2D eigenvalue weighted by Crippen LogP contribution is 2.03. The van der Waals surface area contributed by atoms with E-state index in [1.165, 1.54) is 12.1 Å². The van der Waals surface area contributed by atoms with Crippen molar-refractivity contribution in [3.05, 3.63) is 35.6 Å². The van der Waals surface area contributed by atoms with E-state index in [1.807, 2.05) is 12.1 Å². The van der Waals surface area contributed by atoms with Crippen molar-refractivity contribution in [3.63, 3.8) is 0 Å². The maximum Gasteiger partial charge on any atom is 0.190 e. The molecule has 1 aromatic carbocycles. The molecular formula is C18H29FN4O. The largest absolute Gasteiger partial charge is 0.379 e. The van der Waals surface area contributed by atoms with Gasteiger partial charge in [0.25, 0.3) is 0 Å². The van der Waals surface area contributed by atoms with E-state index in [4.69, 9.17) is 4.74 Å². The van der Waals surface area contributed by atoms with Crippen molar-refractivity contribution in [1.82, 2.24) is 15.5 Å². The van der Waals surface area contributed by atoms with Crippen LogP contribution in [0.15, 0.2) is 29.3 Å². The third kappa shape index (κ3) is 6.84. The molecule has 1 aliphatic heterocycles. The number of halogens is 1. The first-order valence-electron chi connectivity index (χ1n) is 8.66. The molecule has 6 heteroatoms. The summed E-state index contributed by atoms with van der Waals surface area (Å²) in [5.41, 5.74) is 1.11. The number of guanidine groups is 1. The lowest BCUT2D eigenvalue weighted by molar-refractivity contribution is 0.0320. The topological polar surface area (TPSA) is 48.9 Å². The fourth-order valence-corrected chi connectivity index (χ4v) is 2.76. The summed E-state index contributed by atoms with van der Waals surface area (Å²) in [7, 11) is 1.78. The second-order valence-corrected chi connectivity index (χ2v) is 6.27. The number of benzene rings is 1. The first-order valence-corrected chi connectivity index (χ1v) is 8.66. The van der Waals surface area contributed by atoms with Crippen LogP contribution >= 0.6 is 0 Å². The Balaban J connectivity index is 1.63. The van der Waals surface area contributed by atoms with Crippen molar-refractivity contribution in [2.45, 2.75) is 13.3 Å². The molecule has 2 N–H and O–H groups in total. The van der Waals surface area contributed by atoms with Crippen molar-refractivity contribution in [2.24, 2.45) is 10.9 Å². The Morgan fingerprint density at radius 2 is 1.96 bits per heavy atom. The van der Waals surface area contributed by atoms with Crippen LogP contribution in [-0.4, -0.2) is 63.8 Å². The molecule has 0 bridgehead atoms. The number of ether oxygens (including phenoxy) is 1. The zero-order chi connectivity index (χ0) is 17.2. The van der Waals surface area contributed by atoms with Gasteiger partial charge >= 0.3 is 0 Å². The maximum absolute atomic E-state index is 12.9. The van der Waals surface area contributed by atoms with Crippen LogP contribution in [0.3, 0.4) is 0 Å². The molecule has 0 saturated carbocycles. The Morgan fingerprint density at radius 1 is 1.25 bits per heavy atom. The van der Waals surface area contributed by atoms with Crippen molar-refractivity contribution < 1.29 is 9.13 Å². The number of morpholine rings is 1. The minimum absolute atomic E-state index is 0.196. The normalized spacial score (nSPS) is 17.5. The zero-order valence-corrected chi connectivity index (χ0v) is 14.7. The molecule has 5 nitrogen and oxygen atoms in total. The van der Waals surface area contributed by atoms with E-state index in [0.717, 1.165) is 63.9 Å². The Labute approximate surface area is 144 Å². The Morgan fingerprint density at radius 3 is 2.62 bits per heavy atom. The summed E-state index contributed by atoms with van der Waals surface area (Å²) in [5, 5.41) is 6.68. The van der Waals surface area contributed by atoms with E-state index in [0.29, 0.717) is 5.92 Å². The molecule has 1 atom stereocenters. The number of nitrogens with zero attached hydrogens (tertiary/aromatic N) is 2. The van der Waals surface area contributed by atoms with Gasteiger partial charge < -0.3 is 15.4 Å². The van der Waals surface area contributed by atoms with E-state index < -0.39 is 0 Å². The molecule has 2 rings (SSSR count). The Bertz CT molecular complexity index is 500.